The number of nitrogens with two attached hydrogens (primary N) is 1. The molecule has 3 nitrogen and oxygen atoms in total. The number of pyridine rings is 1. The molecule has 0 aliphatic rings. The van der Waals surface area contributed by atoms with Crippen LogP contribution in [0.25, 0.3) is 10.8 Å². The molecule has 5 heteroatoms. The lowest BCUT2D eigenvalue weighted by atomic mass is 9.95. The number of fused-ring (bicyclic) bond motifs is 1. The van der Waals surface area contributed by atoms with Crippen LogP contribution in [0, 0.1) is 3.57 Å². The Kier molecular flexibility index (Phi) is 4.40. The Balaban J connectivity index is 2.21. The average molecular weight is 410 g/mol. The highest BCUT2D eigenvalue weighted by molar-refractivity contribution is 14.1. The van der Waals surface area contributed by atoms with Crippen molar-refractivity contribution in [2.45, 2.75) is 6.04 Å². The van der Waals surface area contributed by atoms with Crippen LogP contribution in [0.15, 0.2) is 54.9 Å². The number of halogens is 2. The number of nitrogens with zero attached hydrogens (tertiary/aromatic N) is 1. The second kappa shape index (κ2) is 6.27. The molecule has 0 bridgehead atoms. The monoisotopic (exact) mass is 409 g/mol. The Labute approximate surface area is 141 Å². The van der Waals surface area contributed by atoms with Crippen LogP contribution in [0.5, 0.6) is 0 Å². The largest absolute Gasteiger partial charge is 0.271 e. The summed E-state index contributed by atoms with van der Waals surface area (Å²) in [7, 11) is 0. The third-order valence-electron chi connectivity index (χ3n) is 3.46. The second-order valence-corrected chi connectivity index (χ2v) is 6.31. The first-order chi connectivity index (χ1) is 10.2. The molecule has 106 valence electrons. The maximum absolute atomic E-state index is 6.14. The average Bonchev–Trinajstić information content (AvgIpc) is 2.51. The minimum absolute atomic E-state index is 0.136. The number of rotatable bonds is 3. The van der Waals surface area contributed by atoms with Gasteiger partial charge in [0.1, 0.15) is 0 Å². The van der Waals surface area contributed by atoms with Crippen molar-refractivity contribution in [2.24, 2.45) is 5.84 Å². The van der Waals surface area contributed by atoms with Crippen LogP contribution < -0.4 is 11.3 Å². The van der Waals surface area contributed by atoms with Crippen LogP contribution in [0.2, 0.25) is 5.02 Å². The number of hydrogen-bond acceptors (Lipinski definition) is 3. The Morgan fingerprint density at radius 1 is 1.14 bits per heavy atom. The highest BCUT2D eigenvalue weighted by atomic mass is 127. The molecule has 3 aromatic rings. The van der Waals surface area contributed by atoms with Crippen molar-refractivity contribution in [3.63, 3.8) is 0 Å². The molecule has 0 saturated carbocycles. The molecule has 3 N–H and O–H groups in total. The molecule has 0 saturated heterocycles. The topological polar surface area (TPSA) is 50.9 Å². The van der Waals surface area contributed by atoms with Gasteiger partial charge in [-0.1, -0.05) is 29.8 Å². The molecule has 0 spiro atoms. The van der Waals surface area contributed by atoms with Crippen molar-refractivity contribution in [1.29, 1.82) is 0 Å². The van der Waals surface area contributed by atoms with Crippen molar-refractivity contribution in [3.8, 4) is 0 Å². The first kappa shape index (κ1) is 14.7. The molecule has 1 aromatic heterocycles. The highest BCUT2D eigenvalue weighted by Gasteiger charge is 2.18. The van der Waals surface area contributed by atoms with Crippen LogP contribution in [-0.4, -0.2) is 4.98 Å². The zero-order valence-electron chi connectivity index (χ0n) is 11.1. The first-order valence-corrected chi connectivity index (χ1v) is 7.90. The van der Waals surface area contributed by atoms with E-state index in [2.05, 4.69) is 45.1 Å². The summed E-state index contributed by atoms with van der Waals surface area (Å²) in [5.74, 6) is 5.83. The standard InChI is InChI=1S/C16H13ClIN3/c17-11-4-5-15(18)13(8-11)16(21-19)12-3-1-2-10-6-7-20-9-14(10)12/h1-9,16,21H,19H2. The Morgan fingerprint density at radius 2 is 2.00 bits per heavy atom. The lowest BCUT2D eigenvalue weighted by Crippen LogP contribution is -2.29. The van der Waals surface area contributed by atoms with Crippen LogP contribution in [0.4, 0.5) is 0 Å². The van der Waals surface area contributed by atoms with E-state index >= 15 is 0 Å². The number of nitrogens with one attached hydrogen (secondary N) is 1. The summed E-state index contributed by atoms with van der Waals surface area (Å²) in [5.41, 5.74) is 5.05. The molecule has 2 aromatic carbocycles. The van der Waals surface area contributed by atoms with Gasteiger partial charge in [0.2, 0.25) is 0 Å². The Hall–Kier alpha value is -1.21. The number of benzene rings is 2. The summed E-state index contributed by atoms with van der Waals surface area (Å²) in [4.78, 5) is 4.23. The third kappa shape index (κ3) is 2.89. The predicted molar refractivity (Wildman–Crippen MR) is 95.1 cm³/mol. The molecule has 0 radical (unpaired) electrons. The van der Waals surface area contributed by atoms with Gasteiger partial charge in [-0.2, -0.15) is 0 Å². The Morgan fingerprint density at radius 3 is 2.81 bits per heavy atom. The fraction of sp³-hybridized carbons (Fsp3) is 0.0625. The van der Waals surface area contributed by atoms with Crippen molar-refractivity contribution in [1.82, 2.24) is 10.4 Å². The first-order valence-electron chi connectivity index (χ1n) is 6.44. The lowest BCUT2D eigenvalue weighted by molar-refractivity contribution is 0.638. The van der Waals surface area contributed by atoms with Crippen LogP contribution in [0.3, 0.4) is 0 Å². The molecule has 1 unspecified atom stereocenters. The van der Waals surface area contributed by atoms with Gasteiger partial charge >= 0.3 is 0 Å². The molecule has 0 fully saturated rings. The lowest BCUT2D eigenvalue weighted by Gasteiger charge is -2.20. The summed E-state index contributed by atoms with van der Waals surface area (Å²) in [6.07, 6.45) is 3.66. The van der Waals surface area contributed by atoms with Gasteiger partial charge in [0, 0.05) is 26.4 Å². The zero-order valence-corrected chi connectivity index (χ0v) is 14.0. The molecular formula is C16H13ClIN3. The van der Waals surface area contributed by atoms with Crippen LogP contribution in [-0.2, 0) is 0 Å². The van der Waals surface area contributed by atoms with Gasteiger partial charge in [-0.15, -0.1) is 0 Å². The van der Waals surface area contributed by atoms with Crippen LogP contribution in [0.1, 0.15) is 17.2 Å². The van der Waals surface area contributed by atoms with E-state index < -0.39 is 0 Å². The molecule has 0 amide bonds. The normalized spacial score (nSPS) is 12.5. The van der Waals surface area contributed by atoms with Gasteiger partial charge in [0.15, 0.2) is 0 Å². The van der Waals surface area contributed by atoms with Gasteiger partial charge in [0.25, 0.3) is 0 Å². The van der Waals surface area contributed by atoms with E-state index in [0.717, 1.165) is 25.5 Å². The maximum Gasteiger partial charge on any atom is 0.0727 e. The summed E-state index contributed by atoms with van der Waals surface area (Å²) in [6.45, 7) is 0. The SMILES string of the molecule is NNC(c1cc(Cl)ccc1I)c1cccc2ccncc12. The smallest absolute Gasteiger partial charge is 0.0727 e. The quantitative estimate of drug-likeness (QED) is 0.390. The van der Waals surface area contributed by atoms with E-state index in [-0.39, 0.29) is 6.04 Å². The van der Waals surface area contributed by atoms with E-state index in [1.807, 2.05) is 36.5 Å². The predicted octanol–water partition coefficient (Wildman–Crippen LogP) is 4.05. The molecular weight excluding hydrogens is 397 g/mol. The summed E-state index contributed by atoms with van der Waals surface area (Å²) in [6, 6.07) is 13.8. The molecule has 0 aliphatic heterocycles. The maximum atomic E-state index is 6.14. The van der Waals surface area contributed by atoms with E-state index in [9.17, 15) is 0 Å². The minimum Gasteiger partial charge on any atom is -0.271 e. The van der Waals surface area contributed by atoms with Gasteiger partial charge in [-0.05, 0) is 63.4 Å². The van der Waals surface area contributed by atoms with Crippen LogP contribution >= 0.6 is 34.2 Å². The molecule has 1 heterocycles. The van der Waals surface area contributed by atoms with Crippen molar-refractivity contribution < 1.29 is 0 Å². The zero-order chi connectivity index (χ0) is 14.8. The molecule has 0 aliphatic carbocycles. The molecule has 1 atom stereocenters. The summed E-state index contributed by atoms with van der Waals surface area (Å²) < 4.78 is 1.11. The van der Waals surface area contributed by atoms with Crippen molar-refractivity contribution in [2.75, 3.05) is 0 Å². The number of aromatic nitrogens is 1. The highest BCUT2D eigenvalue weighted by Crippen LogP contribution is 2.31. The van der Waals surface area contributed by atoms with Gasteiger partial charge in [-0.3, -0.25) is 10.8 Å². The number of hydrazine groups is 1. The molecule has 21 heavy (non-hydrogen) atoms. The van der Waals surface area contributed by atoms with E-state index in [4.69, 9.17) is 17.4 Å². The van der Waals surface area contributed by atoms with Crippen molar-refractivity contribution in [3.05, 3.63) is 74.6 Å². The second-order valence-electron chi connectivity index (χ2n) is 4.71. The number of hydrogen-bond donors (Lipinski definition) is 2. The fourth-order valence-corrected chi connectivity index (χ4v) is 3.30. The molecule has 3 rings (SSSR count). The van der Waals surface area contributed by atoms with E-state index in [1.165, 1.54) is 0 Å². The van der Waals surface area contributed by atoms with E-state index in [1.54, 1.807) is 6.20 Å². The van der Waals surface area contributed by atoms with Crippen molar-refractivity contribution >= 4 is 45.0 Å². The minimum atomic E-state index is -0.136. The summed E-state index contributed by atoms with van der Waals surface area (Å²) >= 11 is 8.44. The van der Waals surface area contributed by atoms with Gasteiger partial charge in [0.05, 0.1) is 6.04 Å². The van der Waals surface area contributed by atoms with Gasteiger partial charge in [-0.25, -0.2) is 5.43 Å². The van der Waals surface area contributed by atoms with Gasteiger partial charge < -0.3 is 0 Å². The Bertz CT molecular complexity index is 786. The third-order valence-corrected chi connectivity index (χ3v) is 4.68. The fourth-order valence-electron chi connectivity index (χ4n) is 2.47. The summed E-state index contributed by atoms with van der Waals surface area (Å²) in [5, 5.41) is 2.92. The van der Waals surface area contributed by atoms with E-state index in [0.29, 0.717) is 5.02 Å².